The van der Waals surface area contributed by atoms with Crippen LogP contribution in [0.2, 0.25) is 0 Å². The van der Waals surface area contributed by atoms with Crippen molar-refractivity contribution in [3.8, 4) is 0 Å². The van der Waals surface area contributed by atoms with Gasteiger partial charge in [-0.15, -0.1) is 0 Å². The van der Waals surface area contributed by atoms with Gasteiger partial charge in [0, 0.05) is 19.1 Å². The average molecular weight is 236 g/mol. The molecule has 17 heavy (non-hydrogen) atoms. The first kappa shape index (κ1) is 12.0. The summed E-state index contributed by atoms with van der Waals surface area (Å²) in [5, 5.41) is 0. The SMILES string of the molecule is NCC1CCCCN1C(=O)c1ccccc1F. The van der Waals surface area contributed by atoms with Crippen LogP contribution in [0.5, 0.6) is 0 Å². The molecule has 1 atom stereocenters. The zero-order valence-electron chi connectivity index (χ0n) is 9.73. The van der Waals surface area contributed by atoms with Gasteiger partial charge >= 0.3 is 0 Å². The van der Waals surface area contributed by atoms with E-state index in [1.165, 1.54) is 12.1 Å². The fraction of sp³-hybridized carbons (Fsp3) is 0.462. The minimum absolute atomic E-state index is 0.0517. The normalized spacial score (nSPS) is 20.4. The van der Waals surface area contributed by atoms with Crippen LogP contribution in [-0.2, 0) is 0 Å². The van der Waals surface area contributed by atoms with Crippen molar-refractivity contribution in [1.29, 1.82) is 0 Å². The fourth-order valence-electron chi connectivity index (χ4n) is 2.30. The molecule has 1 fully saturated rings. The van der Waals surface area contributed by atoms with Crippen molar-refractivity contribution in [2.24, 2.45) is 5.73 Å². The molecule has 92 valence electrons. The summed E-state index contributed by atoms with van der Waals surface area (Å²) in [5.41, 5.74) is 5.81. The van der Waals surface area contributed by atoms with Crippen molar-refractivity contribution in [2.75, 3.05) is 13.1 Å². The largest absolute Gasteiger partial charge is 0.334 e. The Balaban J connectivity index is 2.21. The lowest BCUT2D eigenvalue weighted by Gasteiger charge is -2.35. The van der Waals surface area contributed by atoms with E-state index in [-0.39, 0.29) is 17.5 Å². The van der Waals surface area contributed by atoms with Gasteiger partial charge in [0.2, 0.25) is 0 Å². The Labute approximate surface area is 100 Å². The van der Waals surface area contributed by atoms with E-state index in [2.05, 4.69) is 0 Å². The topological polar surface area (TPSA) is 46.3 Å². The number of likely N-dealkylation sites (tertiary alicyclic amines) is 1. The van der Waals surface area contributed by atoms with E-state index >= 15 is 0 Å². The summed E-state index contributed by atoms with van der Waals surface area (Å²) in [5.74, 6) is -0.697. The molecule has 1 aromatic rings. The summed E-state index contributed by atoms with van der Waals surface area (Å²) in [7, 11) is 0. The highest BCUT2D eigenvalue weighted by Crippen LogP contribution is 2.20. The highest BCUT2D eigenvalue weighted by atomic mass is 19.1. The van der Waals surface area contributed by atoms with Gasteiger partial charge in [-0.3, -0.25) is 4.79 Å². The van der Waals surface area contributed by atoms with Crippen molar-refractivity contribution in [3.63, 3.8) is 0 Å². The van der Waals surface area contributed by atoms with Gasteiger partial charge in [0.05, 0.1) is 5.56 Å². The summed E-state index contributed by atoms with van der Waals surface area (Å²) < 4.78 is 13.5. The lowest BCUT2D eigenvalue weighted by atomic mass is 10.0. The minimum atomic E-state index is -0.459. The molecule has 0 bridgehead atoms. The van der Waals surface area contributed by atoms with Crippen LogP contribution in [0.1, 0.15) is 29.6 Å². The smallest absolute Gasteiger partial charge is 0.257 e. The van der Waals surface area contributed by atoms with Crippen molar-refractivity contribution >= 4 is 5.91 Å². The summed E-state index contributed by atoms with van der Waals surface area (Å²) in [6.45, 7) is 1.12. The van der Waals surface area contributed by atoms with Gasteiger partial charge in [-0.2, -0.15) is 0 Å². The van der Waals surface area contributed by atoms with Gasteiger partial charge in [0.1, 0.15) is 5.82 Å². The van der Waals surface area contributed by atoms with Gasteiger partial charge < -0.3 is 10.6 Å². The molecule has 1 saturated heterocycles. The van der Waals surface area contributed by atoms with E-state index in [9.17, 15) is 9.18 Å². The number of nitrogens with zero attached hydrogens (tertiary/aromatic N) is 1. The van der Waals surface area contributed by atoms with E-state index < -0.39 is 5.82 Å². The van der Waals surface area contributed by atoms with Crippen LogP contribution in [-0.4, -0.2) is 29.9 Å². The number of piperidine rings is 1. The number of halogens is 1. The Kier molecular flexibility index (Phi) is 3.74. The van der Waals surface area contributed by atoms with Crippen LogP contribution in [0.3, 0.4) is 0 Å². The van der Waals surface area contributed by atoms with Crippen molar-refractivity contribution in [1.82, 2.24) is 4.90 Å². The average Bonchev–Trinajstić information content (AvgIpc) is 2.38. The molecule has 2 N–H and O–H groups in total. The number of amides is 1. The van der Waals surface area contributed by atoms with Crippen LogP contribution < -0.4 is 5.73 Å². The molecule has 0 aliphatic carbocycles. The van der Waals surface area contributed by atoms with E-state index in [1.807, 2.05) is 0 Å². The zero-order chi connectivity index (χ0) is 12.3. The molecule has 2 rings (SSSR count). The second kappa shape index (κ2) is 5.27. The molecule has 1 amide bonds. The molecule has 4 heteroatoms. The molecule has 1 aliphatic heterocycles. The first-order valence-electron chi connectivity index (χ1n) is 5.99. The Hall–Kier alpha value is -1.42. The predicted molar refractivity (Wildman–Crippen MR) is 64.1 cm³/mol. The number of nitrogens with two attached hydrogens (primary N) is 1. The number of rotatable bonds is 2. The van der Waals surface area contributed by atoms with Gasteiger partial charge in [-0.25, -0.2) is 4.39 Å². The van der Waals surface area contributed by atoms with Crippen LogP contribution in [0, 0.1) is 5.82 Å². The minimum Gasteiger partial charge on any atom is -0.334 e. The second-order valence-corrected chi connectivity index (χ2v) is 4.36. The highest BCUT2D eigenvalue weighted by Gasteiger charge is 2.27. The third-order valence-electron chi connectivity index (χ3n) is 3.26. The number of benzene rings is 1. The third kappa shape index (κ3) is 2.47. The number of carbonyl (C=O) groups is 1. The zero-order valence-corrected chi connectivity index (χ0v) is 9.73. The number of carbonyl (C=O) groups excluding carboxylic acids is 1. The van der Waals surface area contributed by atoms with Crippen LogP contribution in [0.25, 0.3) is 0 Å². The summed E-state index contributed by atoms with van der Waals surface area (Å²) >= 11 is 0. The molecule has 1 unspecified atom stereocenters. The Morgan fingerprint density at radius 2 is 2.18 bits per heavy atom. The molecular weight excluding hydrogens is 219 g/mol. The van der Waals surface area contributed by atoms with E-state index in [0.29, 0.717) is 13.1 Å². The summed E-state index contributed by atoms with van der Waals surface area (Å²) in [4.78, 5) is 13.9. The van der Waals surface area contributed by atoms with Crippen molar-refractivity contribution in [2.45, 2.75) is 25.3 Å². The van der Waals surface area contributed by atoms with Crippen LogP contribution in [0.4, 0.5) is 4.39 Å². The quantitative estimate of drug-likeness (QED) is 0.850. The highest BCUT2D eigenvalue weighted by molar-refractivity contribution is 5.94. The maximum atomic E-state index is 13.5. The fourth-order valence-corrected chi connectivity index (χ4v) is 2.30. The third-order valence-corrected chi connectivity index (χ3v) is 3.26. The maximum absolute atomic E-state index is 13.5. The first-order chi connectivity index (χ1) is 8.24. The monoisotopic (exact) mass is 236 g/mol. The summed E-state index contributed by atoms with van der Waals surface area (Å²) in [6.07, 6.45) is 2.97. The molecule has 0 saturated carbocycles. The molecule has 3 nitrogen and oxygen atoms in total. The van der Waals surface area contributed by atoms with E-state index in [0.717, 1.165) is 19.3 Å². The number of hydrogen-bond donors (Lipinski definition) is 1. The van der Waals surface area contributed by atoms with Gasteiger partial charge in [-0.05, 0) is 31.4 Å². The molecule has 0 spiro atoms. The van der Waals surface area contributed by atoms with Gasteiger partial charge in [-0.1, -0.05) is 12.1 Å². The van der Waals surface area contributed by atoms with Crippen LogP contribution in [0.15, 0.2) is 24.3 Å². The van der Waals surface area contributed by atoms with Gasteiger partial charge in [0.25, 0.3) is 5.91 Å². The molecule has 1 heterocycles. The van der Waals surface area contributed by atoms with Crippen molar-refractivity contribution < 1.29 is 9.18 Å². The Morgan fingerprint density at radius 3 is 2.88 bits per heavy atom. The molecule has 1 aliphatic rings. The standard InChI is InChI=1S/C13H17FN2O/c14-12-7-2-1-6-11(12)13(17)16-8-4-3-5-10(16)9-15/h1-2,6-7,10H,3-5,8-9,15H2. The Morgan fingerprint density at radius 1 is 1.41 bits per heavy atom. The van der Waals surface area contributed by atoms with Crippen LogP contribution >= 0.6 is 0 Å². The first-order valence-corrected chi connectivity index (χ1v) is 5.99. The predicted octanol–water partition coefficient (Wildman–Crippen LogP) is 1.78. The maximum Gasteiger partial charge on any atom is 0.257 e. The molecular formula is C13H17FN2O. The van der Waals surface area contributed by atoms with Crippen molar-refractivity contribution in [3.05, 3.63) is 35.6 Å². The lowest BCUT2D eigenvalue weighted by Crippen LogP contribution is -2.47. The summed E-state index contributed by atoms with van der Waals surface area (Å²) in [6, 6.07) is 6.16. The van der Waals surface area contributed by atoms with Gasteiger partial charge in [0.15, 0.2) is 0 Å². The van der Waals surface area contributed by atoms with E-state index in [1.54, 1.807) is 17.0 Å². The molecule has 1 aromatic carbocycles. The Bertz CT molecular complexity index is 408. The molecule has 0 aromatic heterocycles. The molecule has 0 radical (unpaired) electrons. The lowest BCUT2D eigenvalue weighted by molar-refractivity contribution is 0.0618. The second-order valence-electron chi connectivity index (χ2n) is 4.36. The van der Waals surface area contributed by atoms with E-state index in [4.69, 9.17) is 5.73 Å². The number of hydrogen-bond acceptors (Lipinski definition) is 2.